The Bertz CT molecular complexity index is 709. The first-order valence-corrected chi connectivity index (χ1v) is 8.16. The van der Waals surface area contributed by atoms with Crippen molar-refractivity contribution in [1.82, 2.24) is 20.0 Å². The number of amides is 1. The lowest BCUT2D eigenvalue weighted by Gasteiger charge is -2.35. The number of aryl methyl sites for hydroxylation is 4. The molecule has 1 aliphatic rings. The first-order chi connectivity index (χ1) is 11.6. The molecule has 0 radical (unpaired) electrons. The first-order valence-electron chi connectivity index (χ1n) is 8.16. The Morgan fingerprint density at radius 3 is 2.75 bits per heavy atom. The van der Waals surface area contributed by atoms with Crippen LogP contribution in [0.3, 0.4) is 0 Å². The molecule has 0 N–H and O–H groups in total. The van der Waals surface area contributed by atoms with Gasteiger partial charge in [-0.25, -0.2) is 0 Å². The van der Waals surface area contributed by atoms with E-state index in [9.17, 15) is 4.79 Å². The standard InChI is InChI=1S/C17H22N4O3/c1-11-15(19-7-6-18-11)5-4-14-10-23-9-8-21(14)17(22)16-12(2)20-24-13(16)3/h6-7,14H,4-5,8-10H2,1-3H3. The Hall–Kier alpha value is -2.28. The SMILES string of the molecule is Cc1nccnc1CCC1COCCN1C(=O)c1c(C)noc1C. The topological polar surface area (TPSA) is 81.4 Å². The molecule has 1 unspecified atom stereocenters. The molecule has 1 saturated heterocycles. The second-order valence-electron chi connectivity index (χ2n) is 6.05. The van der Waals surface area contributed by atoms with E-state index in [0.717, 1.165) is 24.2 Å². The summed E-state index contributed by atoms with van der Waals surface area (Å²) in [6.45, 7) is 7.18. The summed E-state index contributed by atoms with van der Waals surface area (Å²) in [5.41, 5.74) is 3.09. The maximum absolute atomic E-state index is 12.9. The van der Waals surface area contributed by atoms with Gasteiger partial charge in [-0.1, -0.05) is 5.16 Å². The van der Waals surface area contributed by atoms with Gasteiger partial charge in [0.05, 0.1) is 36.3 Å². The number of hydrogen-bond donors (Lipinski definition) is 0. The van der Waals surface area contributed by atoms with Gasteiger partial charge < -0.3 is 14.2 Å². The maximum atomic E-state index is 12.9. The minimum atomic E-state index is -0.0320. The summed E-state index contributed by atoms with van der Waals surface area (Å²) in [5, 5.41) is 3.89. The fourth-order valence-corrected chi connectivity index (χ4v) is 3.08. The third-order valence-electron chi connectivity index (χ3n) is 4.43. The van der Waals surface area contributed by atoms with Crippen LogP contribution in [0.5, 0.6) is 0 Å². The van der Waals surface area contributed by atoms with Gasteiger partial charge in [0, 0.05) is 18.9 Å². The van der Waals surface area contributed by atoms with Gasteiger partial charge in [-0.15, -0.1) is 0 Å². The molecule has 7 heteroatoms. The number of aromatic nitrogens is 3. The van der Waals surface area contributed by atoms with Crippen molar-refractivity contribution in [1.29, 1.82) is 0 Å². The van der Waals surface area contributed by atoms with E-state index >= 15 is 0 Å². The molecule has 0 spiro atoms. The lowest BCUT2D eigenvalue weighted by molar-refractivity contribution is -0.00426. The molecule has 0 saturated carbocycles. The summed E-state index contributed by atoms with van der Waals surface area (Å²) < 4.78 is 10.7. The Balaban J connectivity index is 1.74. The summed E-state index contributed by atoms with van der Waals surface area (Å²) in [4.78, 5) is 23.5. The van der Waals surface area contributed by atoms with E-state index < -0.39 is 0 Å². The summed E-state index contributed by atoms with van der Waals surface area (Å²) >= 11 is 0. The van der Waals surface area contributed by atoms with Crippen molar-refractivity contribution in [3.8, 4) is 0 Å². The van der Waals surface area contributed by atoms with Crippen LogP contribution in [0.4, 0.5) is 0 Å². The number of hydrogen-bond acceptors (Lipinski definition) is 6. The lowest BCUT2D eigenvalue weighted by Crippen LogP contribution is -2.49. The van der Waals surface area contributed by atoms with Crippen molar-refractivity contribution in [2.75, 3.05) is 19.8 Å². The molecule has 3 heterocycles. The van der Waals surface area contributed by atoms with Gasteiger partial charge in [-0.2, -0.15) is 0 Å². The van der Waals surface area contributed by atoms with E-state index in [-0.39, 0.29) is 11.9 Å². The maximum Gasteiger partial charge on any atom is 0.259 e. The second-order valence-corrected chi connectivity index (χ2v) is 6.05. The number of rotatable bonds is 4. The molecule has 2 aromatic rings. The van der Waals surface area contributed by atoms with Crippen molar-refractivity contribution >= 4 is 5.91 Å². The largest absolute Gasteiger partial charge is 0.377 e. The first kappa shape index (κ1) is 16.6. The molecule has 24 heavy (non-hydrogen) atoms. The van der Waals surface area contributed by atoms with Crippen LogP contribution in [0.1, 0.15) is 39.6 Å². The predicted molar refractivity (Wildman–Crippen MR) is 86.7 cm³/mol. The van der Waals surface area contributed by atoms with Crippen molar-refractivity contribution in [3.63, 3.8) is 0 Å². The normalized spacial score (nSPS) is 18.0. The molecule has 0 aromatic carbocycles. The van der Waals surface area contributed by atoms with Crippen molar-refractivity contribution in [3.05, 3.63) is 40.8 Å². The van der Waals surface area contributed by atoms with E-state index in [4.69, 9.17) is 9.26 Å². The number of carbonyl (C=O) groups excluding carboxylic acids is 1. The minimum Gasteiger partial charge on any atom is -0.377 e. The molecular weight excluding hydrogens is 308 g/mol. The van der Waals surface area contributed by atoms with E-state index in [1.54, 1.807) is 26.2 Å². The average molecular weight is 330 g/mol. The second kappa shape index (κ2) is 7.09. The van der Waals surface area contributed by atoms with E-state index in [0.29, 0.717) is 36.8 Å². The zero-order valence-electron chi connectivity index (χ0n) is 14.3. The molecule has 1 atom stereocenters. The van der Waals surface area contributed by atoms with Gasteiger partial charge in [-0.05, 0) is 33.6 Å². The van der Waals surface area contributed by atoms with Crippen molar-refractivity contribution in [2.45, 2.75) is 39.7 Å². The van der Waals surface area contributed by atoms with Crippen molar-refractivity contribution < 1.29 is 14.1 Å². The fourth-order valence-electron chi connectivity index (χ4n) is 3.08. The minimum absolute atomic E-state index is 0.0151. The highest BCUT2D eigenvalue weighted by atomic mass is 16.5. The Labute approximate surface area is 141 Å². The van der Waals surface area contributed by atoms with Gasteiger partial charge in [-0.3, -0.25) is 14.8 Å². The average Bonchev–Trinajstić information content (AvgIpc) is 2.92. The molecular formula is C17H22N4O3. The van der Waals surface area contributed by atoms with E-state index in [2.05, 4.69) is 15.1 Å². The molecule has 0 aliphatic carbocycles. The van der Waals surface area contributed by atoms with Crippen LogP contribution in [-0.2, 0) is 11.2 Å². The van der Waals surface area contributed by atoms with Gasteiger partial charge in [0.2, 0.25) is 0 Å². The quantitative estimate of drug-likeness (QED) is 0.851. The molecule has 128 valence electrons. The van der Waals surface area contributed by atoms with Crippen molar-refractivity contribution in [2.24, 2.45) is 0 Å². The molecule has 3 rings (SSSR count). The molecule has 2 aromatic heterocycles. The highest BCUT2D eigenvalue weighted by Gasteiger charge is 2.31. The summed E-state index contributed by atoms with van der Waals surface area (Å²) in [7, 11) is 0. The monoisotopic (exact) mass is 330 g/mol. The molecule has 1 aliphatic heterocycles. The summed E-state index contributed by atoms with van der Waals surface area (Å²) in [5.74, 6) is 0.530. The van der Waals surface area contributed by atoms with E-state index in [1.165, 1.54) is 0 Å². The van der Waals surface area contributed by atoms with Gasteiger partial charge in [0.25, 0.3) is 5.91 Å². The Morgan fingerprint density at radius 2 is 2.04 bits per heavy atom. The Kier molecular flexibility index (Phi) is 4.89. The van der Waals surface area contributed by atoms with Crippen LogP contribution in [0, 0.1) is 20.8 Å². The lowest BCUT2D eigenvalue weighted by atomic mass is 10.0. The van der Waals surface area contributed by atoms with Crippen LogP contribution in [-0.4, -0.2) is 51.7 Å². The third-order valence-corrected chi connectivity index (χ3v) is 4.43. The smallest absolute Gasteiger partial charge is 0.259 e. The van der Waals surface area contributed by atoms with Gasteiger partial charge in [0.15, 0.2) is 0 Å². The van der Waals surface area contributed by atoms with Crippen LogP contribution in [0.15, 0.2) is 16.9 Å². The van der Waals surface area contributed by atoms with Crippen LogP contribution in [0.25, 0.3) is 0 Å². The number of ether oxygens (including phenoxy) is 1. The van der Waals surface area contributed by atoms with Crippen LogP contribution < -0.4 is 0 Å². The molecule has 7 nitrogen and oxygen atoms in total. The highest BCUT2D eigenvalue weighted by molar-refractivity contribution is 5.96. The fraction of sp³-hybridized carbons (Fsp3) is 0.529. The molecule has 1 amide bonds. The molecule has 0 bridgehead atoms. The summed E-state index contributed by atoms with van der Waals surface area (Å²) in [6, 6.07) is 0.0151. The molecule has 1 fully saturated rings. The third kappa shape index (κ3) is 3.31. The number of morpholine rings is 1. The summed E-state index contributed by atoms with van der Waals surface area (Å²) in [6.07, 6.45) is 4.94. The van der Waals surface area contributed by atoms with E-state index in [1.807, 2.05) is 11.8 Å². The van der Waals surface area contributed by atoms with Crippen LogP contribution >= 0.6 is 0 Å². The Morgan fingerprint density at radius 1 is 1.25 bits per heavy atom. The van der Waals surface area contributed by atoms with Gasteiger partial charge >= 0.3 is 0 Å². The van der Waals surface area contributed by atoms with Crippen LogP contribution in [0.2, 0.25) is 0 Å². The highest BCUT2D eigenvalue weighted by Crippen LogP contribution is 2.21. The zero-order valence-corrected chi connectivity index (χ0v) is 14.3. The predicted octanol–water partition coefficient (Wildman–Crippen LogP) is 1.86. The zero-order chi connectivity index (χ0) is 17.1. The number of nitrogens with zero attached hydrogens (tertiary/aromatic N) is 4. The number of carbonyl (C=O) groups is 1. The van der Waals surface area contributed by atoms with Gasteiger partial charge in [0.1, 0.15) is 11.3 Å².